The molecule has 9 heteroatoms. The number of halogens is 3. The van der Waals surface area contributed by atoms with Gasteiger partial charge in [0.15, 0.2) is 11.5 Å². The van der Waals surface area contributed by atoms with Crippen LogP contribution in [-0.2, 0) is 17.9 Å². The van der Waals surface area contributed by atoms with Gasteiger partial charge in [-0.15, -0.1) is 0 Å². The van der Waals surface area contributed by atoms with E-state index in [0.717, 1.165) is 16.7 Å². The van der Waals surface area contributed by atoms with Crippen molar-refractivity contribution in [2.24, 2.45) is 0 Å². The van der Waals surface area contributed by atoms with Gasteiger partial charge in [0, 0.05) is 15.6 Å². The number of rotatable bonds is 7. The highest BCUT2D eigenvalue weighted by molar-refractivity contribution is 8.18. The summed E-state index contributed by atoms with van der Waals surface area (Å²) in [7, 11) is 1.52. The molecule has 0 spiro atoms. The van der Waals surface area contributed by atoms with Gasteiger partial charge in [-0.2, -0.15) is 0 Å². The SMILES string of the molecule is COc1ccc(/C=C2\SC(=O)N(Cc3ccc(F)cc3)C2=O)cc1OCc1c(Cl)cccc1Cl. The fraction of sp³-hybridized carbons (Fsp3) is 0.120. The van der Waals surface area contributed by atoms with E-state index < -0.39 is 5.91 Å². The van der Waals surface area contributed by atoms with E-state index in [0.29, 0.717) is 38.2 Å². The normalized spacial score (nSPS) is 14.7. The third kappa shape index (κ3) is 5.38. The summed E-state index contributed by atoms with van der Waals surface area (Å²) in [6, 6.07) is 16.0. The van der Waals surface area contributed by atoms with Crippen molar-refractivity contribution in [2.75, 3.05) is 7.11 Å². The molecule has 0 unspecified atom stereocenters. The maximum Gasteiger partial charge on any atom is 0.293 e. The molecule has 1 aliphatic heterocycles. The molecule has 2 amide bonds. The standard InChI is InChI=1S/C25H18Cl2FNO4S/c1-32-21-10-7-16(11-22(21)33-14-18-19(26)3-2-4-20(18)27)12-23-24(30)29(25(31)34-23)13-15-5-8-17(28)9-6-15/h2-12H,13-14H2,1H3/b23-12-. The molecule has 1 fully saturated rings. The lowest BCUT2D eigenvalue weighted by atomic mass is 10.1. The van der Waals surface area contributed by atoms with E-state index in [2.05, 4.69) is 0 Å². The highest BCUT2D eigenvalue weighted by atomic mass is 35.5. The Kier molecular flexibility index (Phi) is 7.46. The van der Waals surface area contributed by atoms with Crippen LogP contribution in [0.2, 0.25) is 10.0 Å². The van der Waals surface area contributed by atoms with Crippen LogP contribution in [0.15, 0.2) is 65.6 Å². The highest BCUT2D eigenvalue weighted by Crippen LogP contribution is 2.36. The average Bonchev–Trinajstić information content (AvgIpc) is 3.07. The largest absolute Gasteiger partial charge is 0.493 e. The quantitative estimate of drug-likeness (QED) is 0.317. The molecule has 0 atom stereocenters. The second kappa shape index (κ2) is 10.5. The molecule has 0 saturated carbocycles. The van der Waals surface area contributed by atoms with Crippen LogP contribution in [0.1, 0.15) is 16.7 Å². The number of methoxy groups -OCH3 is 1. The molecule has 1 saturated heterocycles. The molecule has 1 aliphatic rings. The summed E-state index contributed by atoms with van der Waals surface area (Å²) in [4.78, 5) is 26.7. The van der Waals surface area contributed by atoms with Gasteiger partial charge in [-0.3, -0.25) is 14.5 Å². The minimum atomic E-state index is -0.416. The van der Waals surface area contributed by atoms with Crippen LogP contribution in [0.4, 0.5) is 9.18 Å². The molecular formula is C25H18Cl2FNO4S. The molecule has 174 valence electrons. The predicted octanol–water partition coefficient (Wildman–Crippen LogP) is 6.96. The highest BCUT2D eigenvalue weighted by Gasteiger charge is 2.35. The van der Waals surface area contributed by atoms with Crippen molar-refractivity contribution >= 4 is 52.2 Å². The van der Waals surface area contributed by atoms with Crippen molar-refractivity contribution < 1.29 is 23.5 Å². The van der Waals surface area contributed by atoms with Crippen LogP contribution >= 0.6 is 35.0 Å². The lowest BCUT2D eigenvalue weighted by molar-refractivity contribution is -0.123. The molecule has 3 aromatic rings. The molecule has 5 nitrogen and oxygen atoms in total. The Hall–Kier alpha value is -3.00. The monoisotopic (exact) mass is 517 g/mol. The topological polar surface area (TPSA) is 55.8 Å². The molecular weight excluding hydrogens is 500 g/mol. The van der Waals surface area contributed by atoms with Crippen LogP contribution < -0.4 is 9.47 Å². The van der Waals surface area contributed by atoms with Gasteiger partial charge in [0.1, 0.15) is 12.4 Å². The molecule has 0 aromatic heterocycles. The fourth-order valence-corrected chi connectivity index (χ4v) is 4.62. The minimum Gasteiger partial charge on any atom is -0.493 e. The molecule has 1 heterocycles. The Bertz CT molecular complexity index is 1260. The van der Waals surface area contributed by atoms with E-state index in [9.17, 15) is 14.0 Å². The number of carbonyl (C=O) groups excluding carboxylic acids is 2. The molecule has 4 rings (SSSR count). The maximum absolute atomic E-state index is 13.1. The number of nitrogens with zero attached hydrogens (tertiary/aromatic N) is 1. The number of carbonyl (C=O) groups is 2. The lowest BCUT2D eigenvalue weighted by Crippen LogP contribution is -2.27. The fourth-order valence-electron chi connectivity index (χ4n) is 3.28. The smallest absolute Gasteiger partial charge is 0.293 e. The van der Waals surface area contributed by atoms with Crippen LogP contribution in [0.3, 0.4) is 0 Å². The number of ether oxygens (including phenoxy) is 2. The summed E-state index contributed by atoms with van der Waals surface area (Å²) in [6.45, 7) is 0.185. The molecule has 0 bridgehead atoms. The molecule has 0 aliphatic carbocycles. The van der Waals surface area contributed by atoms with Crippen molar-refractivity contribution in [3.05, 3.63) is 98.1 Å². The van der Waals surface area contributed by atoms with Gasteiger partial charge in [0.2, 0.25) is 0 Å². The van der Waals surface area contributed by atoms with E-state index in [-0.39, 0.29) is 29.1 Å². The van der Waals surface area contributed by atoms with Crippen LogP contribution in [0, 0.1) is 5.82 Å². The average molecular weight is 518 g/mol. The summed E-state index contributed by atoms with van der Waals surface area (Å²) < 4.78 is 24.4. The zero-order valence-corrected chi connectivity index (χ0v) is 20.2. The first-order valence-corrected chi connectivity index (χ1v) is 11.7. The summed E-state index contributed by atoms with van der Waals surface area (Å²) in [5.74, 6) is 0.120. The predicted molar refractivity (Wildman–Crippen MR) is 132 cm³/mol. The number of hydrogen-bond donors (Lipinski definition) is 0. The summed E-state index contributed by atoms with van der Waals surface area (Å²) in [6.07, 6.45) is 1.62. The second-order valence-electron chi connectivity index (χ2n) is 7.29. The Labute approximate surface area is 210 Å². The Balaban J connectivity index is 1.53. The lowest BCUT2D eigenvalue weighted by Gasteiger charge is -2.13. The summed E-state index contributed by atoms with van der Waals surface area (Å²) in [5.41, 5.74) is 1.94. The van der Waals surface area contributed by atoms with Gasteiger partial charge in [-0.05, 0) is 65.4 Å². The van der Waals surface area contributed by atoms with Gasteiger partial charge >= 0.3 is 0 Å². The number of thioether (sulfide) groups is 1. The number of benzene rings is 3. The minimum absolute atomic E-state index is 0.0673. The van der Waals surface area contributed by atoms with Gasteiger partial charge < -0.3 is 9.47 Å². The Morgan fingerprint density at radius 3 is 2.38 bits per heavy atom. The molecule has 3 aromatic carbocycles. The van der Waals surface area contributed by atoms with Crippen molar-refractivity contribution in [1.29, 1.82) is 0 Å². The Morgan fingerprint density at radius 1 is 1.00 bits per heavy atom. The van der Waals surface area contributed by atoms with Crippen molar-refractivity contribution in [1.82, 2.24) is 4.90 Å². The van der Waals surface area contributed by atoms with Crippen LogP contribution in [0.5, 0.6) is 11.5 Å². The van der Waals surface area contributed by atoms with Crippen molar-refractivity contribution in [3.63, 3.8) is 0 Å². The second-order valence-corrected chi connectivity index (χ2v) is 9.10. The third-order valence-corrected chi connectivity index (χ3v) is 6.66. The number of hydrogen-bond acceptors (Lipinski definition) is 5. The van der Waals surface area contributed by atoms with Gasteiger partial charge in [-0.1, -0.05) is 47.5 Å². The van der Waals surface area contributed by atoms with Gasteiger partial charge in [0.25, 0.3) is 11.1 Å². The maximum atomic E-state index is 13.1. The van der Waals surface area contributed by atoms with E-state index in [1.54, 1.807) is 54.6 Å². The van der Waals surface area contributed by atoms with Crippen molar-refractivity contribution in [3.8, 4) is 11.5 Å². The van der Waals surface area contributed by atoms with E-state index in [4.69, 9.17) is 32.7 Å². The zero-order valence-electron chi connectivity index (χ0n) is 17.9. The van der Waals surface area contributed by atoms with Gasteiger partial charge in [-0.25, -0.2) is 4.39 Å². The van der Waals surface area contributed by atoms with E-state index >= 15 is 0 Å². The van der Waals surface area contributed by atoms with E-state index in [1.807, 2.05) is 0 Å². The third-order valence-electron chi connectivity index (χ3n) is 5.05. The zero-order chi connectivity index (χ0) is 24.2. The summed E-state index contributed by atoms with van der Waals surface area (Å²) >= 11 is 13.3. The molecule has 0 radical (unpaired) electrons. The number of imide groups is 1. The molecule has 34 heavy (non-hydrogen) atoms. The molecule has 0 N–H and O–H groups in total. The first-order valence-electron chi connectivity index (χ1n) is 10.1. The first kappa shape index (κ1) is 24.1. The first-order chi connectivity index (χ1) is 16.4. The van der Waals surface area contributed by atoms with Crippen LogP contribution in [-0.4, -0.2) is 23.2 Å². The number of amides is 2. The Morgan fingerprint density at radius 2 is 1.71 bits per heavy atom. The van der Waals surface area contributed by atoms with Gasteiger partial charge in [0.05, 0.1) is 18.6 Å². The van der Waals surface area contributed by atoms with Crippen LogP contribution in [0.25, 0.3) is 6.08 Å². The van der Waals surface area contributed by atoms with Crippen molar-refractivity contribution in [2.45, 2.75) is 13.2 Å². The summed E-state index contributed by atoms with van der Waals surface area (Å²) in [5, 5.41) is 0.578. The van der Waals surface area contributed by atoms with E-state index in [1.165, 1.54) is 19.2 Å².